The molecule has 2 aromatic rings. The van der Waals surface area contributed by atoms with E-state index in [1.54, 1.807) is 18.9 Å². The summed E-state index contributed by atoms with van der Waals surface area (Å²) in [4.78, 5) is 37.9. The second-order valence-electron chi connectivity index (χ2n) is 8.28. The van der Waals surface area contributed by atoms with Crippen molar-refractivity contribution in [3.05, 3.63) is 24.3 Å². The normalized spacial score (nSPS) is 17.9. The van der Waals surface area contributed by atoms with E-state index in [1.165, 1.54) is 0 Å². The summed E-state index contributed by atoms with van der Waals surface area (Å²) in [5.74, 6) is 1.33. The number of rotatable bonds is 5. The van der Waals surface area contributed by atoms with Gasteiger partial charge in [-0.05, 0) is 44.7 Å². The van der Waals surface area contributed by atoms with Crippen molar-refractivity contribution in [2.45, 2.75) is 38.6 Å². The summed E-state index contributed by atoms with van der Waals surface area (Å²) in [6.45, 7) is 4.86. The molecule has 2 aliphatic heterocycles. The van der Waals surface area contributed by atoms with Gasteiger partial charge in [0.1, 0.15) is 0 Å². The molecule has 2 saturated heterocycles. The van der Waals surface area contributed by atoms with Crippen LogP contribution in [-0.4, -0.2) is 72.8 Å². The predicted octanol–water partition coefficient (Wildman–Crippen LogP) is 2.59. The molecule has 0 saturated carbocycles. The molecule has 9 heteroatoms. The van der Waals surface area contributed by atoms with E-state index in [2.05, 4.69) is 15.2 Å². The third-order valence-corrected chi connectivity index (χ3v) is 6.25. The lowest BCUT2D eigenvalue weighted by atomic mass is 9.94. The van der Waals surface area contributed by atoms with Crippen LogP contribution in [0, 0.1) is 5.92 Å². The molecule has 0 atom stereocenters. The molecule has 0 unspecified atom stereocenters. The minimum absolute atomic E-state index is 0.0197. The summed E-state index contributed by atoms with van der Waals surface area (Å²) >= 11 is 0. The molecule has 1 aromatic carbocycles. The fourth-order valence-electron chi connectivity index (χ4n) is 4.41. The van der Waals surface area contributed by atoms with Crippen LogP contribution in [0.1, 0.15) is 32.6 Å². The van der Waals surface area contributed by atoms with Crippen LogP contribution in [-0.2, 0) is 9.53 Å². The summed E-state index contributed by atoms with van der Waals surface area (Å²) in [5.41, 5.74) is 1.63. The van der Waals surface area contributed by atoms with E-state index in [9.17, 15) is 9.59 Å². The highest BCUT2D eigenvalue weighted by molar-refractivity contribution is 5.80. The smallest absolute Gasteiger partial charge is 0.409 e. The number of hydrogen-bond acceptors (Lipinski definition) is 7. The van der Waals surface area contributed by atoms with E-state index in [0.29, 0.717) is 25.6 Å². The lowest BCUT2D eigenvalue weighted by molar-refractivity contribution is -0.126. The van der Waals surface area contributed by atoms with Gasteiger partial charge in [-0.25, -0.2) is 14.8 Å². The number of piperidine rings is 2. The number of nitrogens with one attached hydrogen (secondary N) is 1. The number of para-hydroxylation sites is 2. The van der Waals surface area contributed by atoms with E-state index >= 15 is 0 Å². The van der Waals surface area contributed by atoms with Gasteiger partial charge in [-0.3, -0.25) is 4.79 Å². The minimum atomic E-state index is -0.267. The Hall–Kier alpha value is -3.10. The highest BCUT2D eigenvalue weighted by atomic mass is 16.6. The van der Waals surface area contributed by atoms with Crippen molar-refractivity contribution < 1.29 is 19.1 Å². The molecule has 172 valence electrons. The number of anilines is 1. The van der Waals surface area contributed by atoms with Gasteiger partial charge in [0.05, 0.1) is 24.8 Å². The highest BCUT2D eigenvalue weighted by Gasteiger charge is 2.30. The van der Waals surface area contributed by atoms with Gasteiger partial charge in [-0.2, -0.15) is 0 Å². The van der Waals surface area contributed by atoms with Crippen LogP contribution in [0.25, 0.3) is 11.0 Å². The number of nitrogens with zero attached hydrogens (tertiary/aromatic N) is 4. The maximum absolute atomic E-state index is 12.8. The van der Waals surface area contributed by atoms with Gasteiger partial charge in [-0.15, -0.1) is 0 Å². The second kappa shape index (κ2) is 10.0. The number of fused-ring (bicyclic) bond motifs is 1. The lowest BCUT2D eigenvalue weighted by Gasteiger charge is -2.35. The number of carbonyl (C=O) groups excluding carboxylic acids is 2. The van der Waals surface area contributed by atoms with Crippen LogP contribution in [0.2, 0.25) is 0 Å². The van der Waals surface area contributed by atoms with E-state index in [-0.39, 0.29) is 24.0 Å². The van der Waals surface area contributed by atoms with Crippen molar-refractivity contribution in [2.24, 2.45) is 5.92 Å². The average Bonchev–Trinajstić information content (AvgIpc) is 2.84. The zero-order chi connectivity index (χ0) is 22.5. The van der Waals surface area contributed by atoms with Gasteiger partial charge < -0.3 is 24.6 Å². The molecular formula is C23H31N5O4. The molecule has 0 radical (unpaired) electrons. The van der Waals surface area contributed by atoms with Gasteiger partial charge in [0.25, 0.3) is 5.88 Å². The molecule has 2 aliphatic rings. The number of amides is 2. The summed E-state index contributed by atoms with van der Waals surface area (Å²) in [6, 6.07) is 7.85. The number of likely N-dealkylation sites (tertiary alicyclic amines) is 1. The maximum Gasteiger partial charge on any atom is 0.409 e. The molecule has 0 bridgehead atoms. The van der Waals surface area contributed by atoms with Crippen LogP contribution in [0.4, 0.5) is 10.6 Å². The molecule has 3 heterocycles. The first-order chi connectivity index (χ1) is 15.6. The zero-order valence-corrected chi connectivity index (χ0v) is 18.7. The summed E-state index contributed by atoms with van der Waals surface area (Å²) in [7, 11) is 1.61. The number of ether oxygens (including phenoxy) is 2. The number of benzene rings is 1. The van der Waals surface area contributed by atoms with Gasteiger partial charge in [0, 0.05) is 38.1 Å². The third kappa shape index (κ3) is 4.87. The summed E-state index contributed by atoms with van der Waals surface area (Å²) < 4.78 is 10.5. The number of carbonyl (C=O) groups is 2. The Kier molecular flexibility index (Phi) is 6.92. The molecular weight excluding hydrogens is 410 g/mol. The van der Waals surface area contributed by atoms with Crippen LogP contribution in [0.3, 0.4) is 0 Å². The van der Waals surface area contributed by atoms with E-state index in [0.717, 1.165) is 55.6 Å². The van der Waals surface area contributed by atoms with Crippen LogP contribution < -0.4 is 15.0 Å². The number of hydrogen-bond donors (Lipinski definition) is 1. The maximum atomic E-state index is 12.8. The minimum Gasteiger partial charge on any atom is -0.478 e. The Morgan fingerprint density at radius 3 is 2.31 bits per heavy atom. The van der Waals surface area contributed by atoms with E-state index in [1.807, 2.05) is 24.3 Å². The first-order valence-electron chi connectivity index (χ1n) is 11.4. The summed E-state index contributed by atoms with van der Waals surface area (Å²) in [5, 5.41) is 3.19. The van der Waals surface area contributed by atoms with E-state index in [4.69, 9.17) is 14.5 Å². The molecule has 2 fully saturated rings. The number of aromatic nitrogens is 2. The predicted molar refractivity (Wildman–Crippen MR) is 121 cm³/mol. The van der Waals surface area contributed by atoms with Crippen molar-refractivity contribution in [1.82, 2.24) is 20.2 Å². The average molecular weight is 442 g/mol. The second-order valence-corrected chi connectivity index (χ2v) is 8.28. The Bertz CT molecular complexity index is 953. The van der Waals surface area contributed by atoms with Crippen molar-refractivity contribution in [1.29, 1.82) is 0 Å². The molecule has 1 aromatic heterocycles. The monoisotopic (exact) mass is 441 g/mol. The highest BCUT2D eigenvalue weighted by Crippen LogP contribution is 2.30. The molecule has 0 aliphatic carbocycles. The Morgan fingerprint density at radius 1 is 1.03 bits per heavy atom. The molecule has 9 nitrogen and oxygen atoms in total. The van der Waals surface area contributed by atoms with Gasteiger partial charge >= 0.3 is 6.09 Å². The van der Waals surface area contributed by atoms with Crippen LogP contribution in [0.15, 0.2) is 24.3 Å². The molecule has 1 N–H and O–H groups in total. The quantitative estimate of drug-likeness (QED) is 0.762. The van der Waals surface area contributed by atoms with Gasteiger partial charge in [-0.1, -0.05) is 12.1 Å². The Labute approximate surface area is 188 Å². The lowest BCUT2D eigenvalue weighted by Crippen LogP contribution is -2.49. The third-order valence-electron chi connectivity index (χ3n) is 6.25. The van der Waals surface area contributed by atoms with Crippen molar-refractivity contribution in [3.63, 3.8) is 0 Å². The molecule has 4 rings (SSSR count). The van der Waals surface area contributed by atoms with Crippen LogP contribution >= 0.6 is 0 Å². The van der Waals surface area contributed by atoms with Crippen molar-refractivity contribution in [2.75, 3.05) is 44.8 Å². The Morgan fingerprint density at radius 2 is 1.69 bits per heavy atom. The van der Waals surface area contributed by atoms with Gasteiger partial charge in [0.2, 0.25) is 5.91 Å². The fourth-order valence-corrected chi connectivity index (χ4v) is 4.41. The molecule has 0 spiro atoms. The topological polar surface area (TPSA) is 96.9 Å². The number of methoxy groups -OCH3 is 1. The van der Waals surface area contributed by atoms with Gasteiger partial charge in [0.15, 0.2) is 5.82 Å². The summed E-state index contributed by atoms with van der Waals surface area (Å²) in [6.07, 6.45) is 2.76. The van der Waals surface area contributed by atoms with E-state index < -0.39 is 0 Å². The van der Waals surface area contributed by atoms with Crippen molar-refractivity contribution in [3.8, 4) is 5.88 Å². The Balaban J connectivity index is 1.30. The van der Waals surface area contributed by atoms with Crippen molar-refractivity contribution >= 4 is 28.9 Å². The molecule has 2 amide bonds. The molecule has 32 heavy (non-hydrogen) atoms. The fraction of sp³-hybridized carbons (Fsp3) is 0.565. The standard InChI is InChI=1S/C23H31N5O4/c1-3-32-23(30)28-14-10-17(11-15-28)24-21(29)16-8-12-27(13-9-16)20-22(31-2)26-19-7-5-4-6-18(19)25-20/h4-7,16-17H,3,8-15H2,1-2H3,(H,24,29). The SMILES string of the molecule is CCOC(=O)N1CCC(NC(=O)C2CCN(c3nc4ccccc4nc3OC)CC2)CC1. The first-order valence-corrected chi connectivity index (χ1v) is 11.4. The largest absolute Gasteiger partial charge is 0.478 e. The van der Waals surface area contributed by atoms with Crippen LogP contribution in [0.5, 0.6) is 5.88 Å². The first kappa shape index (κ1) is 22.1. The zero-order valence-electron chi connectivity index (χ0n) is 18.7.